The van der Waals surface area contributed by atoms with Crippen molar-refractivity contribution >= 4 is 27.5 Å². The van der Waals surface area contributed by atoms with Gasteiger partial charge < -0.3 is 10.2 Å². The van der Waals surface area contributed by atoms with Crippen molar-refractivity contribution in [1.29, 1.82) is 0 Å². The molecule has 0 aliphatic carbocycles. The second-order valence-corrected chi connectivity index (χ2v) is 10.6. The summed E-state index contributed by atoms with van der Waals surface area (Å²) in [7, 11) is -2.64. The molecule has 0 aliphatic rings. The summed E-state index contributed by atoms with van der Waals surface area (Å²) in [4.78, 5) is 28.0. The number of carbonyl (C=O) groups excluding carboxylic acids is 2. The van der Waals surface area contributed by atoms with E-state index in [1.165, 1.54) is 48.3 Å². The zero-order valence-electron chi connectivity index (χ0n) is 21.4. The first-order chi connectivity index (χ1) is 17.6. The molecule has 0 radical (unpaired) electrons. The van der Waals surface area contributed by atoms with Gasteiger partial charge in [-0.1, -0.05) is 49.4 Å². The fraction of sp³-hybridized carbons (Fsp3) is 0.286. The SMILES string of the molecule is CCC(C(=O)NC)N(Cc1ccc(F)cc1)C(=O)CN(c1cccc(C)c1C)S(=O)(=O)c1ccccc1. The Hall–Kier alpha value is -3.72. The summed E-state index contributed by atoms with van der Waals surface area (Å²) in [6.45, 7) is 4.94. The summed E-state index contributed by atoms with van der Waals surface area (Å²) in [6, 6.07) is 18.0. The first-order valence-electron chi connectivity index (χ1n) is 12.0. The predicted molar refractivity (Wildman–Crippen MR) is 142 cm³/mol. The van der Waals surface area contributed by atoms with Gasteiger partial charge in [0.25, 0.3) is 10.0 Å². The number of nitrogens with zero attached hydrogens (tertiary/aromatic N) is 2. The van der Waals surface area contributed by atoms with Crippen LogP contribution in [0.15, 0.2) is 77.7 Å². The topological polar surface area (TPSA) is 86.8 Å². The monoisotopic (exact) mass is 525 g/mol. The number of likely N-dealkylation sites (N-methyl/N-ethyl adjacent to an activating group) is 1. The Morgan fingerprint density at radius 1 is 0.946 bits per heavy atom. The molecule has 2 amide bonds. The number of sulfonamides is 1. The van der Waals surface area contributed by atoms with E-state index in [-0.39, 0.29) is 17.3 Å². The Balaban J connectivity index is 2.09. The fourth-order valence-corrected chi connectivity index (χ4v) is 5.60. The molecule has 3 aromatic carbocycles. The van der Waals surface area contributed by atoms with Crippen LogP contribution in [0.1, 0.15) is 30.0 Å². The maximum absolute atomic E-state index is 13.9. The molecule has 1 atom stereocenters. The Morgan fingerprint density at radius 2 is 1.59 bits per heavy atom. The third-order valence-electron chi connectivity index (χ3n) is 6.35. The van der Waals surface area contributed by atoms with Crippen LogP contribution in [0.5, 0.6) is 0 Å². The highest BCUT2D eigenvalue weighted by Crippen LogP contribution is 2.29. The van der Waals surface area contributed by atoms with Gasteiger partial charge in [-0.2, -0.15) is 0 Å². The molecule has 0 aromatic heterocycles. The Kier molecular flexibility index (Phi) is 9.04. The number of carbonyl (C=O) groups is 2. The Bertz CT molecular complexity index is 1350. The lowest BCUT2D eigenvalue weighted by molar-refractivity contribution is -0.140. The van der Waals surface area contributed by atoms with Gasteiger partial charge >= 0.3 is 0 Å². The van der Waals surface area contributed by atoms with Gasteiger partial charge in [0.2, 0.25) is 11.8 Å². The van der Waals surface area contributed by atoms with E-state index < -0.39 is 34.3 Å². The number of nitrogens with one attached hydrogen (secondary N) is 1. The summed E-state index contributed by atoms with van der Waals surface area (Å²) >= 11 is 0. The van der Waals surface area contributed by atoms with E-state index in [9.17, 15) is 22.4 Å². The average Bonchev–Trinajstić information content (AvgIpc) is 2.90. The summed E-state index contributed by atoms with van der Waals surface area (Å²) < 4.78 is 42.2. The largest absolute Gasteiger partial charge is 0.357 e. The van der Waals surface area contributed by atoms with Crippen LogP contribution < -0.4 is 9.62 Å². The van der Waals surface area contributed by atoms with Crippen LogP contribution in [-0.4, -0.2) is 44.8 Å². The maximum atomic E-state index is 13.9. The second-order valence-electron chi connectivity index (χ2n) is 8.73. The molecule has 0 saturated carbocycles. The van der Waals surface area contributed by atoms with Crippen LogP contribution in [-0.2, 0) is 26.2 Å². The molecular weight excluding hydrogens is 493 g/mol. The van der Waals surface area contributed by atoms with Crippen molar-refractivity contribution in [3.05, 3.63) is 95.3 Å². The number of anilines is 1. The van der Waals surface area contributed by atoms with Gasteiger partial charge in [-0.05, 0) is 67.3 Å². The van der Waals surface area contributed by atoms with Gasteiger partial charge in [0.1, 0.15) is 18.4 Å². The highest BCUT2D eigenvalue weighted by atomic mass is 32.2. The molecule has 37 heavy (non-hydrogen) atoms. The molecule has 0 aliphatic heterocycles. The lowest BCUT2D eigenvalue weighted by Gasteiger charge is -2.33. The van der Waals surface area contributed by atoms with E-state index in [1.807, 2.05) is 13.0 Å². The van der Waals surface area contributed by atoms with Crippen LogP contribution in [0, 0.1) is 19.7 Å². The maximum Gasteiger partial charge on any atom is 0.264 e. The third kappa shape index (κ3) is 6.35. The Labute approximate surface area is 218 Å². The van der Waals surface area contributed by atoms with Crippen LogP contribution >= 0.6 is 0 Å². The minimum absolute atomic E-state index is 0.0110. The smallest absolute Gasteiger partial charge is 0.264 e. The van der Waals surface area contributed by atoms with E-state index in [1.54, 1.807) is 44.2 Å². The molecule has 3 aromatic rings. The van der Waals surface area contributed by atoms with Crippen molar-refractivity contribution in [3.63, 3.8) is 0 Å². The number of hydrogen-bond acceptors (Lipinski definition) is 4. The molecule has 1 unspecified atom stereocenters. The van der Waals surface area contributed by atoms with Crippen LogP contribution in [0.4, 0.5) is 10.1 Å². The van der Waals surface area contributed by atoms with Crippen molar-refractivity contribution in [1.82, 2.24) is 10.2 Å². The van der Waals surface area contributed by atoms with E-state index >= 15 is 0 Å². The number of amides is 2. The summed E-state index contributed by atoms with van der Waals surface area (Å²) in [5.74, 6) is -1.35. The van der Waals surface area contributed by atoms with Gasteiger partial charge in [-0.25, -0.2) is 12.8 Å². The molecule has 1 N–H and O–H groups in total. The molecule has 9 heteroatoms. The highest BCUT2D eigenvalue weighted by Gasteiger charge is 2.34. The van der Waals surface area contributed by atoms with Crippen LogP contribution in [0.2, 0.25) is 0 Å². The molecule has 0 fully saturated rings. The van der Waals surface area contributed by atoms with Crippen molar-refractivity contribution in [2.45, 2.75) is 44.7 Å². The van der Waals surface area contributed by atoms with Gasteiger partial charge in [-0.15, -0.1) is 0 Å². The number of rotatable bonds is 10. The summed E-state index contributed by atoms with van der Waals surface area (Å²) in [5, 5.41) is 2.58. The number of halogens is 1. The van der Waals surface area contributed by atoms with E-state index in [4.69, 9.17) is 0 Å². The fourth-order valence-electron chi connectivity index (χ4n) is 4.11. The Morgan fingerprint density at radius 3 is 2.19 bits per heavy atom. The standard InChI is InChI=1S/C28H32FN3O4S/c1-5-25(28(34)30-4)31(18-22-14-16-23(29)17-15-22)27(33)19-32(26-13-9-10-20(2)21(26)3)37(35,36)24-11-7-6-8-12-24/h6-17,25H,5,18-19H2,1-4H3,(H,30,34). The predicted octanol–water partition coefficient (Wildman–Crippen LogP) is 4.19. The van der Waals surface area contributed by atoms with Crippen LogP contribution in [0.3, 0.4) is 0 Å². The van der Waals surface area contributed by atoms with Gasteiger partial charge in [0.15, 0.2) is 0 Å². The first-order valence-corrected chi connectivity index (χ1v) is 13.4. The number of benzene rings is 3. The molecule has 7 nitrogen and oxygen atoms in total. The quantitative estimate of drug-likeness (QED) is 0.430. The van der Waals surface area contributed by atoms with Crippen molar-refractivity contribution in [2.75, 3.05) is 17.9 Å². The normalized spacial score (nSPS) is 12.0. The molecule has 0 spiro atoms. The molecule has 0 heterocycles. The first kappa shape index (κ1) is 27.9. The number of aryl methyl sites for hydroxylation is 1. The average molecular weight is 526 g/mol. The summed E-state index contributed by atoms with van der Waals surface area (Å²) in [6.07, 6.45) is 0.307. The minimum Gasteiger partial charge on any atom is -0.357 e. The van der Waals surface area contributed by atoms with Crippen LogP contribution in [0.25, 0.3) is 0 Å². The van der Waals surface area contributed by atoms with Gasteiger partial charge in [-0.3, -0.25) is 13.9 Å². The van der Waals surface area contributed by atoms with Gasteiger partial charge in [0.05, 0.1) is 10.6 Å². The molecule has 196 valence electrons. The minimum atomic E-state index is -4.12. The van der Waals surface area contributed by atoms with Crippen molar-refractivity contribution in [2.24, 2.45) is 0 Å². The van der Waals surface area contributed by atoms with E-state index in [2.05, 4.69) is 5.32 Å². The third-order valence-corrected chi connectivity index (χ3v) is 8.13. The highest BCUT2D eigenvalue weighted by molar-refractivity contribution is 7.92. The van der Waals surface area contributed by atoms with E-state index in [0.29, 0.717) is 17.7 Å². The zero-order chi connectivity index (χ0) is 27.2. The lowest BCUT2D eigenvalue weighted by atomic mass is 10.1. The van der Waals surface area contributed by atoms with Gasteiger partial charge in [0, 0.05) is 13.6 Å². The molecule has 0 bridgehead atoms. The molecular formula is C28H32FN3O4S. The lowest BCUT2D eigenvalue weighted by Crippen LogP contribution is -2.51. The number of hydrogen-bond donors (Lipinski definition) is 1. The molecule has 0 saturated heterocycles. The zero-order valence-corrected chi connectivity index (χ0v) is 22.3. The van der Waals surface area contributed by atoms with E-state index in [0.717, 1.165) is 15.4 Å². The second kappa shape index (κ2) is 12.0. The summed E-state index contributed by atoms with van der Waals surface area (Å²) in [5.41, 5.74) is 2.59. The molecule has 3 rings (SSSR count). The van der Waals surface area contributed by atoms with Crippen molar-refractivity contribution < 1.29 is 22.4 Å². The van der Waals surface area contributed by atoms with Crippen molar-refractivity contribution in [3.8, 4) is 0 Å².